The number of nitrogens with zero attached hydrogens (tertiary/aromatic N) is 1. The molecule has 0 spiro atoms. The van der Waals surface area contributed by atoms with Crippen LogP contribution < -0.4 is 5.46 Å². The number of hydrogen-bond acceptors (Lipinski definition) is 6. The van der Waals surface area contributed by atoms with Gasteiger partial charge >= 0.3 is 7.12 Å². The minimum Gasteiger partial charge on any atom is -0.462 e. The van der Waals surface area contributed by atoms with Crippen LogP contribution in [0.25, 0.3) is 0 Å². The summed E-state index contributed by atoms with van der Waals surface area (Å²) in [5, 5.41) is 0. The molecule has 0 aromatic heterocycles. The minimum absolute atomic E-state index is 0.280. The van der Waals surface area contributed by atoms with Crippen molar-refractivity contribution in [2.24, 2.45) is 0 Å². The van der Waals surface area contributed by atoms with E-state index in [9.17, 15) is 9.18 Å². The topological polar surface area (TPSA) is 57.2 Å². The Hall–Kier alpha value is -1.48. The van der Waals surface area contributed by atoms with E-state index in [1.807, 2.05) is 98.5 Å². The fraction of sp³-hybridized carbons (Fsp3) is 0.708. The van der Waals surface area contributed by atoms with Crippen molar-refractivity contribution in [3.8, 4) is 0 Å². The average Bonchev–Trinajstić information content (AvgIpc) is 3.02. The van der Waals surface area contributed by atoms with Gasteiger partial charge in [-0.25, -0.2) is 4.39 Å². The lowest BCUT2D eigenvalue weighted by Crippen LogP contribution is -2.41. The lowest BCUT2D eigenvalue weighted by molar-refractivity contribution is -0.138. The Labute approximate surface area is 192 Å². The van der Waals surface area contributed by atoms with Crippen molar-refractivity contribution in [3.05, 3.63) is 29.8 Å². The number of benzene rings is 1. The summed E-state index contributed by atoms with van der Waals surface area (Å²) in [6.07, 6.45) is -0.280. The summed E-state index contributed by atoms with van der Waals surface area (Å²) >= 11 is 0. The van der Waals surface area contributed by atoms with Gasteiger partial charge < -0.3 is 18.8 Å². The SMILES string of the molecule is CC(C)(C)OC=O.CN1[C@H](CF)C(c2ccc(B3OC(C)(C)C(C)(C)O3)cc2)OC1(C)C. The summed E-state index contributed by atoms with van der Waals surface area (Å²) in [5.41, 5.74) is 0.409. The summed E-state index contributed by atoms with van der Waals surface area (Å²) in [5.74, 6) is 0. The number of carbonyl (C=O) groups excluding carboxylic acids is 1. The molecular formula is C24H39BFNO5. The molecule has 2 aliphatic rings. The number of carbonyl (C=O) groups is 1. The molecule has 2 saturated heterocycles. The number of ether oxygens (including phenoxy) is 2. The van der Waals surface area contributed by atoms with Crippen LogP contribution in [0, 0.1) is 0 Å². The maximum absolute atomic E-state index is 13.6. The molecule has 0 bridgehead atoms. The molecule has 1 aromatic carbocycles. The second-order valence-corrected chi connectivity index (χ2v) is 10.9. The fourth-order valence-electron chi connectivity index (χ4n) is 3.52. The van der Waals surface area contributed by atoms with E-state index >= 15 is 0 Å². The standard InChI is InChI=1S/C19H29BFNO3.C5H10O2/c1-17(2)18(3,4)25-20(24-17)14-10-8-13(9-11-14)16-15(12-21)22(7)19(5,6)23-16;1-5(2,3)7-4-6/h8-11,15-16H,12H2,1-7H3;4H,1-3H3/t15-,16?;/m1./s1. The Kier molecular flexibility index (Phi) is 7.87. The second-order valence-electron chi connectivity index (χ2n) is 10.9. The Bertz CT molecular complexity index is 760. The van der Waals surface area contributed by atoms with E-state index in [1.165, 1.54) is 0 Å². The van der Waals surface area contributed by atoms with Crippen LogP contribution in [0.1, 0.15) is 74.0 Å². The van der Waals surface area contributed by atoms with Gasteiger partial charge in [-0.2, -0.15) is 0 Å². The van der Waals surface area contributed by atoms with Crippen molar-refractivity contribution in [1.82, 2.24) is 4.90 Å². The summed E-state index contributed by atoms with van der Waals surface area (Å²) in [6.45, 7) is 17.6. The summed E-state index contributed by atoms with van der Waals surface area (Å²) in [6, 6.07) is 7.67. The predicted molar refractivity (Wildman–Crippen MR) is 124 cm³/mol. The molecule has 0 saturated carbocycles. The Morgan fingerprint density at radius 1 is 1.06 bits per heavy atom. The highest BCUT2D eigenvalue weighted by molar-refractivity contribution is 6.62. The molecular weight excluding hydrogens is 412 g/mol. The van der Waals surface area contributed by atoms with Gasteiger partial charge in [0.1, 0.15) is 24.1 Å². The van der Waals surface area contributed by atoms with Gasteiger partial charge in [0.15, 0.2) is 0 Å². The molecule has 0 amide bonds. The zero-order valence-corrected chi connectivity index (χ0v) is 21.2. The van der Waals surface area contributed by atoms with Crippen LogP contribution in [0.2, 0.25) is 0 Å². The van der Waals surface area contributed by atoms with Gasteiger partial charge in [-0.1, -0.05) is 24.3 Å². The molecule has 2 heterocycles. The molecule has 1 aromatic rings. The van der Waals surface area contributed by atoms with Crippen molar-refractivity contribution in [1.29, 1.82) is 0 Å². The van der Waals surface area contributed by atoms with Gasteiger partial charge in [0.05, 0.1) is 17.2 Å². The summed E-state index contributed by atoms with van der Waals surface area (Å²) in [4.78, 5) is 11.6. The maximum atomic E-state index is 13.6. The van der Waals surface area contributed by atoms with Crippen molar-refractivity contribution in [3.63, 3.8) is 0 Å². The van der Waals surface area contributed by atoms with Crippen LogP contribution in [0.3, 0.4) is 0 Å². The molecule has 8 heteroatoms. The number of likely N-dealkylation sites (N-methyl/N-ethyl adjacent to an activating group) is 1. The smallest absolute Gasteiger partial charge is 0.462 e. The normalized spacial score (nSPS) is 26.4. The van der Waals surface area contributed by atoms with Gasteiger partial charge in [-0.3, -0.25) is 9.69 Å². The molecule has 0 aliphatic carbocycles. The second kappa shape index (κ2) is 9.41. The molecule has 0 radical (unpaired) electrons. The Morgan fingerprint density at radius 3 is 1.94 bits per heavy atom. The lowest BCUT2D eigenvalue weighted by atomic mass is 9.78. The van der Waals surface area contributed by atoms with E-state index in [0.717, 1.165) is 11.0 Å². The largest absolute Gasteiger partial charge is 0.494 e. The highest BCUT2D eigenvalue weighted by atomic mass is 19.1. The number of rotatable bonds is 4. The first-order chi connectivity index (χ1) is 14.5. The van der Waals surface area contributed by atoms with Crippen LogP contribution in [-0.2, 0) is 23.6 Å². The first-order valence-electron chi connectivity index (χ1n) is 11.1. The Morgan fingerprint density at radius 2 is 1.56 bits per heavy atom. The van der Waals surface area contributed by atoms with Crippen molar-refractivity contribution in [2.75, 3.05) is 13.7 Å². The predicted octanol–water partition coefficient (Wildman–Crippen LogP) is 4.02. The zero-order chi connectivity index (χ0) is 24.5. The van der Waals surface area contributed by atoms with Gasteiger partial charge in [-0.15, -0.1) is 0 Å². The number of hydrogen-bond donors (Lipinski definition) is 0. The van der Waals surface area contributed by atoms with Crippen LogP contribution >= 0.6 is 0 Å². The van der Waals surface area contributed by atoms with Gasteiger partial charge in [0.2, 0.25) is 0 Å². The summed E-state index contributed by atoms with van der Waals surface area (Å²) < 4.78 is 36.4. The van der Waals surface area contributed by atoms with Crippen LogP contribution in [0.15, 0.2) is 24.3 Å². The highest BCUT2D eigenvalue weighted by Crippen LogP contribution is 2.40. The molecule has 2 fully saturated rings. The van der Waals surface area contributed by atoms with E-state index < -0.39 is 12.4 Å². The molecule has 0 N–H and O–H groups in total. The molecule has 2 atom stereocenters. The molecule has 32 heavy (non-hydrogen) atoms. The number of halogens is 1. The third kappa shape index (κ3) is 5.90. The quantitative estimate of drug-likeness (QED) is 0.509. The molecule has 3 rings (SSSR count). The molecule has 180 valence electrons. The molecule has 6 nitrogen and oxygen atoms in total. The van der Waals surface area contributed by atoms with Crippen molar-refractivity contribution >= 4 is 19.1 Å². The fourth-order valence-corrected chi connectivity index (χ4v) is 3.52. The van der Waals surface area contributed by atoms with Crippen LogP contribution in [-0.4, -0.2) is 60.8 Å². The van der Waals surface area contributed by atoms with Crippen molar-refractivity contribution in [2.45, 2.75) is 97.0 Å². The third-order valence-electron chi connectivity index (χ3n) is 6.46. The van der Waals surface area contributed by atoms with Gasteiger partial charge in [0, 0.05) is 0 Å². The lowest BCUT2D eigenvalue weighted by Gasteiger charge is -2.32. The molecule has 2 aliphatic heterocycles. The van der Waals surface area contributed by atoms with E-state index in [1.54, 1.807) is 0 Å². The van der Waals surface area contributed by atoms with Gasteiger partial charge in [0.25, 0.3) is 6.47 Å². The summed E-state index contributed by atoms with van der Waals surface area (Å²) in [7, 11) is 1.52. The first kappa shape index (κ1) is 26.8. The van der Waals surface area contributed by atoms with E-state index in [4.69, 9.17) is 14.0 Å². The minimum atomic E-state index is -0.480. The highest BCUT2D eigenvalue weighted by Gasteiger charge is 2.52. The van der Waals surface area contributed by atoms with E-state index in [0.29, 0.717) is 6.47 Å². The van der Waals surface area contributed by atoms with Crippen LogP contribution in [0.4, 0.5) is 4.39 Å². The average molecular weight is 451 g/mol. The van der Waals surface area contributed by atoms with E-state index in [-0.39, 0.29) is 36.1 Å². The van der Waals surface area contributed by atoms with Crippen LogP contribution in [0.5, 0.6) is 0 Å². The molecule has 1 unspecified atom stereocenters. The first-order valence-corrected chi connectivity index (χ1v) is 11.1. The Balaban J connectivity index is 0.000000451. The monoisotopic (exact) mass is 451 g/mol. The van der Waals surface area contributed by atoms with Crippen molar-refractivity contribution < 1.29 is 28.0 Å². The maximum Gasteiger partial charge on any atom is 0.494 e. The van der Waals surface area contributed by atoms with E-state index in [2.05, 4.69) is 4.74 Å². The third-order valence-corrected chi connectivity index (χ3v) is 6.46. The number of alkyl halides is 1. The van der Waals surface area contributed by atoms with Gasteiger partial charge in [-0.05, 0) is 80.4 Å². The zero-order valence-electron chi connectivity index (χ0n) is 21.2.